The number of rotatable bonds is 2. The van der Waals surface area contributed by atoms with Crippen LogP contribution in [0.5, 0.6) is 0 Å². The third-order valence-electron chi connectivity index (χ3n) is 4.16. The van der Waals surface area contributed by atoms with Crippen LogP contribution in [0, 0.1) is 5.92 Å². The summed E-state index contributed by atoms with van der Waals surface area (Å²) >= 11 is 0. The molecule has 1 saturated carbocycles. The predicted octanol–water partition coefficient (Wildman–Crippen LogP) is 2.44. The van der Waals surface area contributed by atoms with Crippen molar-refractivity contribution in [3.8, 4) is 0 Å². The summed E-state index contributed by atoms with van der Waals surface area (Å²) < 4.78 is 5.45. The normalized spacial score (nSPS) is 34.1. The standard InChI is InChI=1S/C13H21N3O/c1-9-4-5-10(7-9)12-15-13(17-16-12)11-3-2-6-14-8-11/h9-11,14H,2-8H2,1H3. The molecule has 4 heteroatoms. The Bertz CT molecular complexity index is 351. The van der Waals surface area contributed by atoms with Crippen molar-refractivity contribution < 1.29 is 4.52 Å². The van der Waals surface area contributed by atoms with Crippen LogP contribution in [-0.2, 0) is 0 Å². The topological polar surface area (TPSA) is 51.0 Å². The lowest BCUT2D eigenvalue weighted by molar-refractivity contribution is 0.318. The average Bonchev–Trinajstić information content (AvgIpc) is 2.98. The molecule has 0 bridgehead atoms. The minimum absolute atomic E-state index is 0.434. The number of aromatic nitrogens is 2. The molecule has 0 radical (unpaired) electrons. The van der Waals surface area contributed by atoms with Crippen molar-refractivity contribution in [3.05, 3.63) is 11.7 Å². The van der Waals surface area contributed by atoms with E-state index >= 15 is 0 Å². The van der Waals surface area contributed by atoms with E-state index in [1.54, 1.807) is 0 Å². The van der Waals surface area contributed by atoms with E-state index in [9.17, 15) is 0 Å². The number of nitrogens with one attached hydrogen (secondary N) is 1. The third-order valence-corrected chi connectivity index (χ3v) is 4.16. The molecule has 0 spiro atoms. The Morgan fingerprint density at radius 3 is 2.88 bits per heavy atom. The maximum absolute atomic E-state index is 5.45. The third kappa shape index (κ3) is 2.37. The first-order chi connectivity index (χ1) is 8.33. The summed E-state index contributed by atoms with van der Waals surface area (Å²) in [6, 6.07) is 0. The monoisotopic (exact) mass is 235 g/mol. The summed E-state index contributed by atoms with van der Waals surface area (Å²) in [6.45, 7) is 4.42. The molecule has 2 fully saturated rings. The van der Waals surface area contributed by atoms with Crippen LogP contribution in [-0.4, -0.2) is 23.2 Å². The van der Waals surface area contributed by atoms with Gasteiger partial charge in [-0.05, 0) is 44.6 Å². The Hall–Kier alpha value is -0.900. The molecule has 0 amide bonds. The van der Waals surface area contributed by atoms with Gasteiger partial charge in [0.05, 0.1) is 5.92 Å². The van der Waals surface area contributed by atoms with E-state index in [2.05, 4.69) is 22.4 Å². The summed E-state index contributed by atoms with van der Waals surface area (Å²) in [4.78, 5) is 4.63. The van der Waals surface area contributed by atoms with E-state index in [0.29, 0.717) is 11.8 Å². The van der Waals surface area contributed by atoms with Gasteiger partial charge in [-0.15, -0.1) is 0 Å². The predicted molar refractivity (Wildman–Crippen MR) is 64.9 cm³/mol. The molecule has 1 aliphatic carbocycles. The fourth-order valence-corrected chi connectivity index (χ4v) is 3.08. The van der Waals surface area contributed by atoms with Crippen LogP contribution < -0.4 is 5.32 Å². The van der Waals surface area contributed by atoms with E-state index in [1.807, 2.05) is 0 Å². The van der Waals surface area contributed by atoms with Crippen molar-refractivity contribution >= 4 is 0 Å². The number of nitrogens with zero attached hydrogens (tertiary/aromatic N) is 2. The van der Waals surface area contributed by atoms with Gasteiger partial charge in [0, 0.05) is 12.5 Å². The Morgan fingerprint density at radius 1 is 1.24 bits per heavy atom. The molecule has 1 aromatic heterocycles. The highest BCUT2D eigenvalue weighted by Gasteiger charge is 2.28. The van der Waals surface area contributed by atoms with Crippen molar-refractivity contribution in [2.45, 2.75) is 50.9 Å². The van der Waals surface area contributed by atoms with Crippen LogP contribution in [0.3, 0.4) is 0 Å². The van der Waals surface area contributed by atoms with Crippen molar-refractivity contribution in [1.29, 1.82) is 0 Å². The smallest absolute Gasteiger partial charge is 0.231 e. The zero-order valence-electron chi connectivity index (χ0n) is 10.5. The summed E-state index contributed by atoms with van der Waals surface area (Å²) in [5, 5.41) is 7.59. The largest absolute Gasteiger partial charge is 0.339 e. The molecule has 1 aliphatic heterocycles. The highest BCUT2D eigenvalue weighted by molar-refractivity contribution is 5.02. The van der Waals surface area contributed by atoms with Crippen molar-refractivity contribution in [1.82, 2.24) is 15.5 Å². The van der Waals surface area contributed by atoms with Crippen LogP contribution in [0.25, 0.3) is 0 Å². The van der Waals surface area contributed by atoms with E-state index in [1.165, 1.54) is 32.1 Å². The second kappa shape index (κ2) is 4.77. The summed E-state index contributed by atoms with van der Waals surface area (Å²) in [7, 11) is 0. The number of hydrogen-bond donors (Lipinski definition) is 1. The molecular formula is C13H21N3O. The van der Waals surface area contributed by atoms with Gasteiger partial charge in [-0.3, -0.25) is 0 Å². The van der Waals surface area contributed by atoms with Crippen LogP contribution in [0.15, 0.2) is 4.52 Å². The minimum Gasteiger partial charge on any atom is -0.339 e. The van der Waals surface area contributed by atoms with E-state index in [-0.39, 0.29) is 0 Å². The quantitative estimate of drug-likeness (QED) is 0.855. The van der Waals surface area contributed by atoms with Crippen LogP contribution >= 0.6 is 0 Å². The first-order valence-corrected chi connectivity index (χ1v) is 6.87. The van der Waals surface area contributed by atoms with Gasteiger partial charge in [0.2, 0.25) is 5.89 Å². The SMILES string of the molecule is CC1CCC(c2noc(C3CCCNC3)n2)C1. The highest BCUT2D eigenvalue weighted by atomic mass is 16.5. The van der Waals surface area contributed by atoms with Gasteiger partial charge < -0.3 is 9.84 Å². The zero-order chi connectivity index (χ0) is 11.7. The zero-order valence-corrected chi connectivity index (χ0v) is 10.5. The molecule has 4 nitrogen and oxygen atoms in total. The fraction of sp³-hybridized carbons (Fsp3) is 0.846. The van der Waals surface area contributed by atoms with Crippen molar-refractivity contribution in [2.75, 3.05) is 13.1 Å². The molecule has 1 aromatic rings. The van der Waals surface area contributed by atoms with Crippen molar-refractivity contribution in [3.63, 3.8) is 0 Å². The van der Waals surface area contributed by atoms with Gasteiger partial charge in [0.25, 0.3) is 0 Å². The number of piperidine rings is 1. The molecule has 3 unspecified atom stereocenters. The molecule has 2 heterocycles. The van der Waals surface area contributed by atoms with Crippen LogP contribution in [0.1, 0.15) is 62.6 Å². The molecule has 1 saturated heterocycles. The molecule has 3 atom stereocenters. The lowest BCUT2D eigenvalue weighted by Crippen LogP contribution is -2.28. The van der Waals surface area contributed by atoms with E-state index < -0.39 is 0 Å². The van der Waals surface area contributed by atoms with Gasteiger partial charge in [-0.1, -0.05) is 12.1 Å². The van der Waals surface area contributed by atoms with Gasteiger partial charge in [0.1, 0.15) is 0 Å². The first-order valence-electron chi connectivity index (χ1n) is 6.87. The Labute approximate surface area is 102 Å². The fourth-order valence-electron chi connectivity index (χ4n) is 3.08. The highest BCUT2D eigenvalue weighted by Crippen LogP contribution is 2.37. The maximum Gasteiger partial charge on any atom is 0.231 e. The molecule has 94 valence electrons. The lowest BCUT2D eigenvalue weighted by atomic mass is 9.99. The van der Waals surface area contributed by atoms with Gasteiger partial charge in [0.15, 0.2) is 5.82 Å². The maximum atomic E-state index is 5.45. The average molecular weight is 235 g/mol. The molecule has 0 aromatic carbocycles. The Balaban J connectivity index is 1.69. The Kier molecular flexibility index (Phi) is 3.14. The first kappa shape index (κ1) is 11.2. The second-order valence-corrected chi connectivity index (χ2v) is 5.65. The van der Waals surface area contributed by atoms with Gasteiger partial charge in [-0.2, -0.15) is 4.98 Å². The molecule has 3 rings (SSSR count). The minimum atomic E-state index is 0.434. The molecule has 2 aliphatic rings. The van der Waals surface area contributed by atoms with Crippen LogP contribution in [0.2, 0.25) is 0 Å². The summed E-state index contributed by atoms with van der Waals surface area (Å²) in [5.74, 6) is 3.60. The molecule has 1 N–H and O–H groups in total. The molecular weight excluding hydrogens is 214 g/mol. The summed E-state index contributed by atoms with van der Waals surface area (Å²) in [5.41, 5.74) is 0. The Morgan fingerprint density at radius 2 is 2.18 bits per heavy atom. The summed E-state index contributed by atoms with van der Waals surface area (Å²) in [6.07, 6.45) is 6.14. The van der Waals surface area contributed by atoms with E-state index in [4.69, 9.17) is 4.52 Å². The van der Waals surface area contributed by atoms with E-state index in [0.717, 1.165) is 30.7 Å². The lowest BCUT2D eigenvalue weighted by Gasteiger charge is -2.18. The second-order valence-electron chi connectivity index (χ2n) is 5.65. The number of hydrogen-bond acceptors (Lipinski definition) is 4. The van der Waals surface area contributed by atoms with Crippen LogP contribution in [0.4, 0.5) is 0 Å². The van der Waals surface area contributed by atoms with Crippen molar-refractivity contribution in [2.24, 2.45) is 5.92 Å². The van der Waals surface area contributed by atoms with Gasteiger partial charge >= 0.3 is 0 Å². The molecule has 17 heavy (non-hydrogen) atoms. The van der Waals surface area contributed by atoms with Gasteiger partial charge in [-0.25, -0.2) is 0 Å².